The van der Waals surface area contributed by atoms with Crippen LogP contribution in [-0.4, -0.2) is 82.8 Å². The number of nitrogens with zero attached hydrogens (tertiary/aromatic N) is 4. The summed E-state index contributed by atoms with van der Waals surface area (Å²) in [5.41, 5.74) is 0.376. The number of likely N-dealkylation sites (tertiary alicyclic amines) is 2. The number of carboxylic acid groups (broad SMARTS) is 1. The quantitative estimate of drug-likeness (QED) is 0.758. The number of aliphatic carboxylic acids is 1. The van der Waals surface area contributed by atoms with Crippen LogP contribution in [0, 0.1) is 11.3 Å². The normalized spacial score (nSPS) is 29.7. The number of aromatic nitrogens is 2. The molecule has 3 aliphatic heterocycles. The van der Waals surface area contributed by atoms with Crippen LogP contribution in [0.2, 0.25) is 0 Å². The predicted molar refractivity (Wildman–Crippen MR) is 100 cm³/mol. The molecule has 2 atom stereocenters. The van der Waals surface area contributed by atoms with E-state index in [4.69, 9.17) is 4.74 Å². The molecule has 0 radical (unpaired) electrons. The first kappa shape index (κ1) is 18.6. The third-order valence-corrected chi connectivity index (χ3v) is 6.29. The Bertz CT molecular complexity index is 664. The first-order valence-electron chi connectivity index (χ1n) is 9.93. The molecule has 27 heavy (non-hydrogen) atoms. The van der Waals surface area contributed by atoms with E-state index in [0.29, 0.717) is 31.6 Å². The zero-order chi connectivity index (χ0) is 18.9. The molecule has 4 heterocycles. The van der Waals surface area contributed by atoms with Crippen molar-refractivity contribution in [2.45, 2.75) is 32.4 Å². The Kier molecular flexibility index (Phi) is 5.29. The van der Waals surface area contributed by atoms with Gasteiger partial charge in [-0.2, -0.15) is 0 Å². The summed E-state index contributed by atoms with van der Waals surface area (Å²) in [6.45, 7) is 8.04. The molecule has 2 N–H and O–H groups in total. The van der Waals surface area contributed by atoms with Gasteiger partial charge < -0.3 is 15.2 Å². The number of carbonyl (C=O) groups is 1. The highest BCUT2D eigenvalue weighted by molar-refractivity contribution is 5.77. The van der Waals surface area contributed by atoms with Crippen LogP contribution in [0.25, 0.3) is 0 Å². The van der Waals surface area contributed by atoms with Crippen molar-refractivity contribution in [2.75, 3.05) is 51.3 Å². The standard InChI is InChI=1S/C19H29N5O3/c1-2-20-18-21-7-14(8-22-18)9-23-10-15-11-24(16-3-5-27-6-4-16)13-19(15,12-23)17(25)26/h7-8,15-16H,2-6,9-13H2,1H3,(H,25,26)(H,20,21,22)/t15-,19-/m0/s1. The van der Waals surface area contributed by atoms with E-state index in [1.165, 1.54) is 0 Å². The van der Waals surface area contributed by atoms with Crippen LogP contribution in [0.15, 0.2) is 12.4 Å². The van der Waals surface area contributed by atoms with E-state index in [1.807, 2.05) is 19.3 Å². The first-order valence-corrected chi connectivity index (χ1v) is 9.93. The second-order valence-electron chi connectivity index (χ2n) is 8.05. The molecule has 8 nitrogen and oxygen atoms in total. The van der Waals surface area contributed by atoms with Crippen molar-refractivity contribution < 1.29 is 14.6 Å². The topological polar surface area (TPSA) is 90.8 Å². The van der Waals surface area contributed by atoms with Gasteiger partial charge in [0.15, 0.2) is 0 Å². The van der Waals surface area contributed by atoms with Crippen LogP contribution >= 0.6 is 0 Å². The summed E-state index contributed by atoms with van der Waals surface area (Å²) in [5.74, 6) is 0.164. The molecule has 0 amide bonds. The molecule has 3 aliphatic rings. The summed E-state index contributed by atoms with van der Waals surface area (Å²) in [6.07, 6.45) is 5.70. The molecule has 1 aromatic rings. The van der Waals surface area contributed by atoms with Crippen LogP contribution in [0.3, 0.4) is 0 Å². The molecule has 3 saturated heterocycles. The largest absolute Gasteiger partial charge is 0.481 e. The van der Waals surface area contributed by atoms with Gasteiger partial charge in [-0.1, -0.05) is 0 Å². The maximum atomic E-state index is 12.2. The van der Waals surface area contributed by atoms with Gasteiger partial charge in [-0.3, -0.25) is 14.6 Å². The van der Waals surface area contributed by atoms with Gasteiger partial charge >= 0.3 is 5.97 Å². The van der Waals surface area contributed by atoms with E-state index < -0.39 is 11.4 Å². The molecule has 0 bridgehead atoms. The van der Waals surface area contributed by atoms with Crippen molar-refractivity contribution >= 4 is 11.9 Å². The molecule has 1 aromatic heterocycles. The summed E-state index contributed by atoms with van der Waals surface area (Å²) in [6, 6.07) is 0.473. The number of ether oxygens (including phenoxy) is 1. The fraction of sp³-hybridized carbons (Fsp3) is 0.737. The van der Waals surface area contributed by atoms with Gasteiger partial charge in [-0.05, 0) is 19.8 Å². The molecular formula is C19H29N5O3. The Balaban J connectivity index is 1.41. The van der Waals surface area contributed by atoms with Crippen LogP contribution in [0.5, 0.6) is 0 Å². The third-order valence-electron chi connectivity index (χ3n) is 6.29. The summed E-state index contributed by atoms with van der Waals surface area (Å²) in [7, 11) is 0. The molecule has 0 spiro atoms. The van der Waals surface area contributed by atoms with Crippen molar-refractivity contribution in [1.29, 1.82) is 0 Å². The first-order chi connectivity index (χ1) is 13.1. The maximum Gasteiger partial charge on any atom is 0.312 e. The number of carboxylic acids is 1. The van der Waals surface area contributed by atoms with Crippen molar-refractivity contribution in [3.8, 4) is 0 Å². The average Bonchev–Trinajstić information content (AvgIpc) is 3.19. The third kappa shape index (κ3) is 3.66. The van der Waals surface area contributed by atoms with Crippen LogP contribution in [0.1, 0.15) is 25.3 Å². The lowest BCUT2D eigenvalue weighted by molar-refractivity contribution is -0.149. The molecule has 0 aliphatic carbocycles. The zero-order valence-electron chi connectivity index (χ0n) is 15.9. The molecule has 0 saturated carbocycles. The van der Waals surface area contributed by atoms with Gasteiger partial charge in [0.1, 0.15) is 0 Å². The predicted octanol–water partition coefficient (Wildman–Crippen LogP) is 0.906. The van der Waals surface area contributed by atoms with E-state index >= 15 is 0 Å². The lowest BCUT2D eigenvalue weighted by Gasteiger charge is -2.33. The van der Waals surface area contributed by atoms with Gasteiger partial charge in [0.2, 0.25) is 5.95 Å². The monoisotopic (exact) mass is 375 g/mol. The Morgan fingerprint density at radius 3 is 2.67 bits per heavy atom. The van der Waals surface area contributed by atoms with Gasteiger partial charge in [0.05, 0.1) is 5.41 Å². The SMILES string of the molecule is CCNc1ncc(CN2C[C@H]3CN(C4CCOCC4)C[C@@]3(C(=O)O)C2)cn1. The summed E-state index contributed by atoms with van der Waals surface area (Å²) >= 11 is 0. The van der Waals surface area contributed by atoms with Crippen LogP contribution in [-0.2, 0) is 16.1 Å². The summed E-state index contributed by atoms with van der Waals surface area (Å²) < 4.78 is 5.47. The van der Waals surface area contributed by atoms with E-state index in [2.05, 4.69) is 25.1 Å². The lowest BCUT2D eigenvalue weighted by Crippen LogP contribution is -2.44. The number of nitrogens with one attached hydrogen (secondary N) is 1. The van der Waals surface area contributed by atoms with E-state index in [1.54, 1.807) is 0 Å². The Morgan fingerprint density at radius 1 is 1.30 bits per heavy atom. The molecule has 0 unspecified atom stereocenters. The summed E-state index contributed by atoms with van der Waals surface area (Å²) in [4.78, 5) is 25.5. The Morgan fingerprint density at radius 2 is 2.04 bits per heavy atom. The molecule has 8 heteroatoms. The van der Waals surface area contributed by atoms with Gasteiger partial charge in [0, 0.05) is 82.4 Å². The Labute approximate surface area is 159 Å². The van der Waals surface area contributed by atoms with Crippen LogP contribution < -0.4 is 5.32 Å². The average molecular weight is 375 g/mol. The van der Waals surface area contributed by atoms with E-state index in [0.717, 1.165) is 51.3 Å². The van der Waals surface area contributed by atoms with Crippen molar-refractivity contribution in [3.05, 3.63) is 18.0 Å². The highest BCUT2D eigenvalue weighted by Crippen LogP contribution is 2.44. The smallest absolute Gasteiger partial charge is 0.312 e. The van der Waals surface area contributed by atoms with Gasteiger partial charge in [-0.15, -0.1) is 0 Å². The van der Waals surface area contributed by atoms with E-state index in [9.17, 15) is 9.90 Å². The van der Waals surface area contributed by atoms with Crippen molar-refractivity contribution in [2.24, 2.45) is 11.3 Å². The molecule has 0 aromatic carbocycles. The van der Waals surface area contributed by atoms with Crippen LogP contribution in [0.4, 0.5) is 5.95 Å². The Hall–Kier alpha value is -1.77. The highest BCUT2D eigenvalue weighted by Gasteiger charge is 2.58. The number of fused-ring (bicyclic) bond motifs is 1. The molecule has 3 fully saturated rings. The number of hydrogen-bond donors (Lipinski definition) is 2. The van der Waals surface area contributed by atoms with Crippen molar-refractivity contribution in [3.63, 3.8) is 0 Å². The number of rotatable bonds is 6. The lowest BCUT2D eigenvalue weighted by atomic mass is 9.81. The van der Waals surface area contributed by atoms with Gasteiger partial charge in [-0.25, -0.2) is 9.97 Å². The minimum atomic E-state index is -0.650. The molecular weight excluding hydrogens is 346 g/mol. The zero-order valence-corrected chi connectivity index (χ0v) is 15.9. The minimum absolute atomic E-state index is 0.180. The fourth-order valence-electron chi connectivity index (χ4n) is 4.90. The number of anilines is 1. The maximum absolute atomic E-state index is 12.2. The second kappa shape index (κ2) is 7.69. The fourth-order valence-corrected chi connectivity index (χ4v) is 4.90. The second-order valence-corrected chi connectivity index (χ2v) is 8.05. The summed E-state index contributed by atoms with van der Waals surface area (Å²) in [5, 5.41) is 13.1. The molecule has 148 valence electrons. The highest BCUT2D eigenvalue weighted by atomic mass is 16.5. The number of hydrogen-bond acceptors (Lipinski definition) is 7. The minimum Gasteiger partial charge on any atom is -0.481 e. The van der Waals surface area contributed by atoms with Gasteiger partial charge in [0.25, 0.3) is 0 Å². The van der Waals surface area contributed by atoms with Crippen molar-refractivity contribution in [1.82, 2.24) is 19.8 Å². The molecule has 4 rings (SSSR count). The van der Waals surface area contributed by atoms with E-state index in [-0.39, 0.29) is 5.92 Å².